The summed E-state index contributed by atoms with van der Waals surface area (Å²) in [6, 6.07) is 10.7. The van der Waals surface area contributed by atoms with Gasteiger partial charge in [0.25, 0.3) is 5.91 Å². The Kier molecular flexibility index (Phi) is 5.14. The quantitative estimate of drug-likeness (QED) is 0.518. The van der Waals surface area contributed by atoms with E-state index in [-0.39, 0.29) is 28.1 Å². The third-order valence-corrected chi connectivity index (χ3v) is 5.99. The average Bonchev–Trinajstić information content (AvgIpc) is 3.43. The minimum Gasteiger partial charge on any atom is -0.495 e. The highest BCUT2D eigenvalue weighted by Gasteiger charge is 2.30. The number of sulfonamides is 1. The molecular formula is C19H18N4O6S. The van der Waals surface area contributed by atoms with Gasteiger partial charge in [-0.1, -0.05) is 17.3 Å². The molecule has 2 aromatic carbocycles. The van der Waals surface area contributed by atoms with Gasteiger partial charge in [-0.05, 0) is 43.2 Å². The van der Waals surface area contributed by atoms with Crippen LogP contribution in [0.2, 0.25) is 0 Å². The number of carbonyl (C=O) groups excluding carboxylic acids is 1. The molecule has 1 heterocycles. The van der Waals surface area contributed by atoms with Gasteiger partial charge in [-0.15, -0.1) is 0 Å². The van der Waals surface area contributed by atoms with Crippen LogP contribution in [0.15, 0.2) is 56.7 Å². The lowest BCUT2D eigenvalue weighted by atomic mass is 10.1. The Morgan fingerprint density at radius 1 is 1.23 bits per heavy atom. The van der Waals surface area contributed by atoms with Crippen LogP contribution >= 0.6 is 0 Å². The lowest BCUT2D eigenvalue weighted by molar-refractivity contribution is 0.102. The van der Waals surface area contributed by atoms with Crippen LogP contribution in [0.1, 0.15) is 23.2 Å². The number of carbonyl (C=O) groups is 1. The Labute approximate surface area is 171 Å². The van der Waals surface area contributed by atoms with Crippen molar-refractivity contribution < 1.29 is 22.5 Å². The molecule has 30 heavy (non-hydrogen) atoms. The molecule has 0 saturated heterocycles. The summed E-state index contributed by atoms with van der Waals surface area (Å²) in [5.41, 5.74) is 1.11. The van der Waals surface area contributed by atoms with Crippen LogP contribution in [0.25, 0.3) is 11.4 Å². The monoisotopic (exact) mass is 430 g/mol. The van der Waals surface area contributed by atoms with Crippen molar-refractivity contribution in [3.63, 3.8) is 0 Å². The molecule has 11 heteroatoms. The summed E-state index contributed by atoms with van der Waals surface area (Å²) >= 11 is 0. The predicted molar refractivity (Wildman–Crippen MR) is 107 cm³/mol. The highest BCUT2D eigenvalue weighted by Crippen LogP contribution is 2.29. The number of H-pyrrole nitrogens is 1. The van der Waals surface area contributed by atoms with Crippen molar-refractivity contribution in [2.24, 2.45) is 0 Å². The lowest BCUT2D eigenvalue weighted by Gasteiger charge is -2.12. The highest BCUT2D eigenvalue weighted by molar-refractivity contribution is 7.89. The zero-order valence-corrected chi connectivity index (χ0v) is 16.7. The maximum atomic E-state index is 12.7. The molecule has 4 rings (SSSR count). The van der Waals surface area contributed by atoms with Gasteiger partial charge in [-0.25, -0.2) is 17.9 Å². The molecule has 1 amide bonds. The molecule has 156 valence electrons. The van der Waals surface area contributed by atoms with E-state index < -0.39 is 21.7 Å². The van der Waals surface area contributed by atoms with Gasteiger partial charge in [0.2, 0.25) is 10.0 Å². The summed E-state index contributed by atoms with van der Waals surface area (Å²) < 4.78 is 37.5. The SMILES string of the molecule is COc1ccc(C(=O)Nc2cccc(-c3noc(=O)[nH]3)c2)cc1S(=O)(=O)NC1CC1. The van der Waals surface area contributed by atoms with E-state index in [1.807, 2.05) is 0 Å². The fourth-order valence-electron chi connectivity index (χ4n) is 2.81. The first-order valence-corrected chi connectivity index (χ1v) is 10.5. The van der Waals surface area contributed by atoms with E-state index in [9.17, 15) is 18.0 Å². The molecule has 0 bridgehead atoms. The molecule has 1 fully saturated rings. The summed E-state index contributed by atoms with van der Waals surface area (Å²) in [6.07, 6.45) is 1.57. The molecule has 3 aromatic rings. The zero-order chi connectivity index (χ0) is 21.3. The summed E-state index contributed by atoms with van der Waals surface area (Å²) in [5, 5.41) is 6.31. The standard InChI is InChI=1S/C19H18N4O6S/c1-28-15-8-5-12(10-16(15)30(26,27)23-13-6-7-13)18(24)20-14-4-2-3-11(9-14)17-21-19(25)29-22-17/h2-5,8-10,13,23H,6-7H2,1H3,(H,20,24)(H,21,22,25). The number of amides is 1. The number of aromatic nitrogens is 2. The molecular weight excluding hydrogens is 412 g/mol. The van der Waals surface area contributed by atoms with Crippen molar-refractivity contribution in [1.82, 2.24) is 14.9 Å². The third-order valence-electron chi connectivity index (χ3n) is 4.45. The van der Waals surface area contributed by atoms with Gasteiger partial charge in [0.1, 0.15) is 10.6 Å². The number of benzene rings is 2. The zero-order valence-electron chi connectivity index (χ0n) is 15.8. The van der Waals surface area contributed by atoms with Crippen molar-refractivity contribution >= 4 is 21.6 Å². The van der Waals surface area contributed by atoms with Crippen LogP contribution in [0.4, 0.5) is 5.69 Å². The van der Waals surface area contributed by atoms with E-state index in [0.29, 0.717) is 11.3 Å². The normalized spacial score (nSPS) is 13.8. The fraction of sp³-hybridized carbons (Fsp3) is 0.211. The summed E-state index contributed by atoms with van der Waals surface area (Å²) in [6.45, 7) is 0. The number of anilines is 1. The second kappa shape index (κ2) is 7.76. The van der Waals surface area contributed by atoms with Crippen molar-refractivity contribution in [1.29, 1.82) is 0 Å². The second-order valence-electron chi connectivity index (χ2n) is 6.74. The number of ether oxygens (including phenoxy) is 1. The van der Waals surface area contributed by atoms with Crippen LogP contribution in [0.3, 0.4) is 0 Å². The van der Waals surface area contributed by atoms with Crippen molar-refractivity contribution in [3.05, 3.63) is 58.6 Å². The van der Waals surface area contributed by atoms with E-state index in [4.69, 9.17) is 4.74 Å². The van der Waals surface area contributed by atoms with Gasteiger partial charge in [0.15, 0.2) is 5.82 Å². The van der Waals surface area contributed by atoms with Crippen LogP contribution in [0, 0.1) is 0 Å². The molecule has 0 radical (unpaired) electrons. The number of hydrogen-bond donors (Lipinski definition) is 3. The second-order valence-corrected chi connectivity index (χ2v) is 8.42. The number of hydrogen-bond acceptors (Lipinski definition) is 7. The maximum absolute atomic E-state index is 12.7. The number of nitrogens with zero attached hydrogens (tertiary/aromatic N) is 1. The Bertz CT molecular complexity index is 1260. The molecule has 1 aliphatic rings. The summed E-state index contributed by atoms with van der Waals surface area (Å²) in [5.74, 6) is -0.825. The number of methoxy groups -OCH3 is 1. The van der Waals surface area contributed by atoms with Crippen LogP contribution < -0.4 is 20.5 Å². The Balaban J connectivity index is 1.59. The Morgan fingerprint density at radius 2 is 2.03 bits per heavy atom. The first-order chi connectivity index (χ1) is 14.4. The van der Waals surface area contributed by atoms with Crippen LogP contribution in [0.5, 0.6) is 5.75 Å². The molecule has 1 aliphatic carbocycles. The van der Waals surface area contributed by atoms with E-state index in [0.717, 1.165) is 12.8 Å². The minimum atomic E-state index is -3.82. The minimum absolute atomic E-state index is 0.0806. The average molecular weight is 430 g/mol. The molecule has 10 nitrogen and oxygen atoms in total. The van der Waals surface area contributed by atoms with Crippen molar-refractivity contribution in [3.8, 4) is 17.1 Å². The third kappa shape index (κ3) is 4.26. The van der Waals surface area contributed by atoms with Crippen molar-refractivity contribution in [2.75, 3.05) is 12.4 Å². The first kappa shape index (κ1) is 19.9. The fourth-order valence-corrected chi connectivity index (χ4v) is 4.31. The van der Waals surface area contributed by atoms with Crippen LogP contribution in [-0.2, 0) is 10.0 Å². The molecule has 0 aliphatic heterocycles. The topological polar surface area (TPSA) is 143 Å². The van der Waals surface area contributed by atoms with Gasteiger partial charge < -0.3 is 10.1 Å². The predicted octanol–water partition coefficient (Wildman–Crippen LogP) is 1.73. The van der Waals surface area contributed by atoms with Gasteiger partial charge in [0.05, 0.1) is 7.11 Å². The summed E-state index contributed by atoms with van der Waals surface area (Å²) in [7, 11) is -2.45. The summed E-state index contributed by atoms with van der Waals surface area (Å²) in [4.78, 5) is 26.2. The van der Waals surface area contributed by atoms with Gasteiger partial charge in [-0.3, -0.25) is 14.3 Å². The largest absolute Gasteiger partial charge is 0.495 e. The van der Waals surface area contributed by atoms with Gasteiger partial charge in [-0.2, -0.15) is 0 Å². The Hall–Kier alpha value is -3.44. The number of rotatable bonds is 7. The van der Waals surface area contributed by atoms with E-state index in [1.165, 1.54) is 25.3 Å². The van der Waals surface area contributed by atoms with Gasteiger partial charge in [0, 0.05) is 22.9 Å². The molecule has 0 unspecified atom stereocenters. The lowest BCUT2D eigenvalue weighted by Crippen LogP contribution is -2.26. The van der Waals surface area contributed by atoms with Crippen LogP contribution in [-0.4, -0.2) is 37.6 Å². The van der Waals surface area contributed by atoms with Crippen molar-refractivity contribution in [2.45, 2.75) is 23.8 Å². The molecule has 1 aromatic heterocycles. The molecule has 1 saturated carbocycles. The van der Waals surface area contributed by atoms with Gasteiger partial charge >= 0.3 is 5.76 Å². The number of aromatic amines is 1. The molecule has 0 atom stereocenters. The van der Waals surface area contributed by atoms with E-state index >= 15 is 0 Å². The van der Waals surface area contributed by atoms with E-state index in [2.05, 4.69) is 24.7 Å². The smallest absolute Gasteiger partial charge is 0.439 e. The first-order valence-electron chi connectivity index (χ1n) is 9.04. The van der Waals surface area contributed by atoms with E-state index in [1.54, 1.807) is 24.3 Å². The molecule has 3 N–H and O–H groups in total. The number of nitrogens with one attached hydrogen (secondary N) is 3. The Morgan fingerprint density at radius 3 is 2.70 bits per heavy atom. The molecule has 0 spiro atoms. The highest BCUT2D eigenvalue weighted by atomic mass is 32.2. The maximum Gasteiger partial charge on any atom is 0.439 e.